The van der Waals surface area contributed by atoms with Gasteiger partial charge in [0.25, 0.3) is 0 Å². The second-order valence-electron chi connectivity index (χ2n) is 8.04. The molecule has 0 atom stereocenters. The van der Waals surface area contributed by atoms with Gasteiger partial charge in [0.05, 0.1) is 34.3 Å². The molecule has 6 heteroatoms. The van der Waals surface area contributed by atoms with Crippen LogP contribution in [0.2, 0.25) is 0 Å². The summed E-state index contributed by atoms with van der Waals surface area (Å²) in [6.07, 6.45) is 0. The summed E-state index contributed by atoms with van der Waals surface area (Å²) in [5.74, 6) is 1.59. The van der Waals surface area contributed by atoms with Gasteiger partial charge in [-0.25, -0.2) is 4.98 Å². The van der Waals surface area contributed by atoms with Gasteiger partial charge in [-0.15, -0.1) is 0 Å². The zero-order valence-corrected chi connectivity index (χ0v) is 18.4. The van der Waals surface area contributed by atoms with Crippen LogP contribution in [-0.2, 0) is 0 Å². The summed E-state index contributed by atoms with van der Waals surface area (Å²) in [4.78, 5) is 14.5. The van der Waals surface area contributed by atoms with E-state index < -0.39 is 0 Å². The normalized spacial score (nSPS) is 10.8. The fourth-order valence-electron chi connectivity index (χ4n) is 4.28. The van der Waals surface area contributed by atoms with Crippen LogP contribution in [0.1, 0.15) is 11.1 Å². The fourth-order valence-corrected chi connectivity index (χ4v) is 4.28. The summed E-state index contributed by atoms with van der Waals surface area (Å²) in [7, 11) is 0. The third kappa shape index (κ3) is 3.47. The molecule has 2 heterocycles. The molecule has 0 unspecified atom stereocenters. The second-order valence-corrected chi connectivity index (χ2v) is 8.04. The van der Waals surface area contributed by atoms with Gasteiger partial charge in [-0.1, -0.05) is 60.7 Å². The van der Waals surface area contributed by atoms with Crippen LogP contribution in [0.3, 0.4) is 0 Å². The van der Waals surface area contributed by atoms with Crippen LogP contribution >= 0.6 is 0 Å². The summed E-state index contributed by atoms with van der Waals surface area (Å²) in [6, 6.07) is 35.0. The third-order valence-corrected chi connectivity index (χ3v) is 5.91. The van der Waals surface area contributed by atoms with Crippen LogP contribution in [0, 0.1) is 22.7 Å². The molecule has 35 heavy (non-hydrogen) atoms. The van der Waals surface area contributed by atoms with Gasteiger partial charge in [0, 0.05) is 21.9 Å². The van der Waals surface area contributed by atoms with E-state index in [9.17, 15) is 10.5 Å². The Hall–Kier alpha value is -5.33. The molecule has 0 aliphatic heterocycles. The van der Waals surface area contributed by atoms with Crippen LogP contribution < -0.4 is 0 Å². The molecule has 6 nitrogen and oxygen atoms in total. The average molecular weight is 448 g/mol. The maximum Gasteiger partial charge on any atom is 0.238 e. The molecule has 0 bridgehead atoms. The summed E-state index contributed by atoms with van der Waals surface area (Å²) in [6.45, 7) is 0. The van der Waals surface area contributed by atoms with Gasteiger partial charge in [0.1, 0.15) is 0 Å². The number of hydrogen-bond acceptors (Lipinski definition) is 5. The molecule has 162 valence electrons. The predicted molar refractivity (Wildman–Crippen MR) is 134 cm³/mol. The first kappa shape index (κ1) is 20.3. The van der Waals surface area contributed by atoms with E-state index in [1.165, 1.54) is 0 Å². The maximum absolute atomic E-state index is 9.48. The molecule has 0 saturated heterocycles. The topological polar surface area (TPSA) is 91.2 Å². The molecular formula is C29H16N6. The number of nitriles is 2. The van der Waals surface area contributed by atoms with Crippen molar-refractivity contribution in [3.8, 4) is 40.9 Å². The van der Waals surface area contributed by atoms with Crippen molar-refractivity contribution in [2.45, 2.75) is 0 Å². The number of fused-ring (bicyclic) bond motifs is 3. The van der Waals surface area contributed by atoms with E-state index in [1.54, 1.807) is 12.1 Å². The van der Waals surface area contributed by atoms with E-state index in [-0.39, 0.29) is 0 Å². The summed E-state index contributed by atoms with van der Waals surface area (Å²) in [5.41, 5.74) is 4.55. The number of rotatable bonds is 3. The van der Waals surface area contributed by atoms with Crippen LogP contribution in [0.5, 0.6) is 0 Å². The van der Waals surface area contributed by atoms with E-state index in [1.807, 2.05) is 89.5 Å². The number of aromatic nitrogens is 4. The first-order valence-corrected chi connectivity index (χ1v) is 11.0. The number of benzene rings is 4. The molecule has 2 aromatic heterocycles. The van der Waals surface area contributed by atoms with Crippen molar-refractivity contribution in [3.05, 3.63) is 108 Å². The first-order valence-electron chi connectivity index (χ1n) is 11.0. The molecule has 0 spiro atoms. The van der Waals surface area contributed by atoms with E-state index in [0.717, 1.165) is 32.9 Å². The molecule has 4 aromatic carbocycles. The van der Waals surface area contributed by atoms with Crippen molar-refractivity contribution in [1.29, 1.82) is 10.5 Å². The van der Waals surface area contributed by atoms with E-state index in [0.29, 0.717) is 28.7 Å². The van der Waals surface area contributed by atoms with Crippen molar-refractivity contribution >= 4 is 21.8 Å². The zero-order valence-electron chi connectivity index (χ0n) is 18.4. The minimum atomic E-state index is 0.465. The highest BCUT2D eigenvalue weighted by Gasteiger charge is 2.18. The molecule has 0 aliphatic rings. The van der Waals surface area contributed by atoms with E-state index >= 15 is 0 Å². The lowest BCUT2D eigenvalue weighted by Crippen LogP contribution is -2.06. The lowest BCUT2D eigenvalue weighted by Gasteiger charge is -2.10. The molecule has 0 fully saturated rings. The quantitative estimate of drug-likeness (QED) is 0.329. The van der Waals surface area contributed by atoms with Gasteiger partial charge < -0.3 is 0 Å². The molecule has 0 N–H and O–H groups in total. The molecule has 0 saturated carbocycles. The zero-order chi connectivity index (χ0) is 23.8. The van der Waals surface area contributed by atoms with Crippen molar-refractivity contribution in [1.82, 2.24) is 19.5 Å². The molecule has 6 aromatic rings. The van der Waals surface area contributed by atoms with Gasteiger partial charge >= 0.3 is 0 Å². The minimum Gasteiger partial charge on any atom is -0.278 e. The van der Waals surface area contributed by atoms with E-state index in [4.69, 9.17) is 15.0 Å². The fraction of sp³-hybridized carbons (Fsp3) is 0. The number of nitrogens with zero attached hydrogens (tertiary/aromatic N) is 6. The Morgan fingerprint density at radius 1 is 0.543 bits per heavy atom. The highest BCUT2D eigenvalue weighted by Crippen LogP contribution is 2.33. The molecule has 6 rings (SSSR count). The largest absolute Gasteiger partial charge is 0.278 e. The average Bonchev–Trinajstić information content (AvgIpc) is 3.26. The third-order valence-electron chi connectivity index (χ3n) is 5.91. The Bertz CT molecular complexity index is 1680. The van der Waals surface area contributed by atoms with Crippen LogP contribution in [0.4, 0.5) is 0 Å². The Balaban J connectivity index is 1.70. The highest BCUT2D eigenvalue weighted by atomic mass is 15.2. The van der Waals surface area contributed by atoms with Crippen molar-refractivity contribution in [2.75, 3.05) is 0 Å². The summed E-state index contributed by atoms with van der Waals surface area (Å²) in [5, 5.41) is 20.7. The second kappa shape index (κ2) is 8.22. The van der Waals surface area contributed by atoms with Gasteiger partial charge in [-0.2, -0.15) is 20.5 Å². The van der Waals surface area contributed by atoms with Crippen molar-refractivity contribution in [2.24, 2.45) is 0 Å². The smallest absolute Gasteiger partial charge is 0.238 e. The lowest BCUT2D eigenvalue weighted by atomic mass is 10.1. The van der Waals surface area contributed by atoms with Gasteiger partial charge in [-0.05, 0) is 36.4 Å². The molecule has 0 amide bonds. The Morgan fingerprint density at radius 2 is 1.00 bits per heavy atom. The molecule has 0 aliphatic carbocycles. The van der Waals surface area contributed by atoms with Crippen LogP contribution in [-0.4, -0.2) is 19.5 Å². The Kier molecular flexibility index (Phi) is 4.77. The minimum absolute atomic E-state index is 0.465. The Morgan fingerprint density at radius 3 is 1.43 bits per heavy atom. The standard InChI is InChI=1S/C29H16N6/c30-17-19-11-13-25-23(15-19)24-16-20(18-31)12-14-26(24)35(25)29-33-27(21-7-3-1-4-8-21)32-28(34-29)22-9-5-2-6-10-22/h1-16H. The SMILES string of the molecule is N#Cc1ccc2c(c1)c1cc(C#N)ccc1n2-c1nc(-c2ccccc2)nc(-c2ccccc2)n1. The summed E-state index contributed by atoms with van der Waals surface area (Å²) < 4.78 is 1.97. The first-order chi connectivity index (χ1) is 17.2. The van der Waals surface area contributed by atoms with Crippen LogP contribution in [0.25, 0.3) is 50.5 Å². The molecule has 0 radical (unpaired) electrons. The van der Waals surface area contributed by atoms with Gasteiger partial charge in [0.2, 0.25) is 5.95 Å². The maximum atomic E-state index is 9.48. The summed E-state index contributed by atoms with van der Waals surface area (Å²) >= 11 is 0. The number of hydrogen-bond donors (Lipinski definition) is 0. The van der Waals surface area contributed by atoms with Crippen LogP contribution in [0.15, 0.2) is 97.1 Å². The van der Waals surface area contributed by atoms with E-state index in [2.05, 4.69) is 12.1 Å². The molecular weight excluding hydrogens is 432 g/mol. The van der Waals surface area contributed by atoms with Gasteiger partial charge in [-0.3, -0.25) is 4.57 Å². The predicted octanol–water partition coefficient (Wildman–Crippen LogP) is 6.05. The van der Waals surface area contributed by atoms with Crippen molar-refractivity contribution < 1.29 is 0 Å². The Labute approximate surface area is 201 Å². The lowest BCUT2D eigenvalue weighted by molar-refractivity contribution is 0.953. The van der Waals surface area contributed by atoms with Crippen molar-refractivity contribution in [3.63, 3.8) is 0 Å². The van der Waals surface area contributed by atoms with Gasteiger partial charge in [0.15, 0.2) is 11.6 Å². The highest BCUT2D eigenvalue weighted by molar-refractivity contribution is 6.09. The monoisotopic (exact) mass is 448 g/mol.